The van der Waals surface area contributed by atoms with Crippen molar-refractivity contribution in [3.05, 3.63) is 100 Å². The first-order chi connectivity index (χ1) is 14.8. The number of aromatic nitrogens is 4. The molecule has 0 unspecified atom stereocenters. The largest absolute Gasteiger partial charge is 0.342 e. The Labute approximate surface area is 178 Å². The molecule has 0 radical (unpaired) electrons. The second-order valence-electron chi connectivity index (χ2n) is 6.92. The van der Waals surface area contributed by atoms with Gasteiger partial charge in [-0.15, -0.1) is 0 Å². The zero-order valence-corrected chi connectivity index (χ0v) is 16.9. The van der Waals surface area contributed by atoms with Gasteiger partial charge < -0.3 is 10.3 Å². The summed E-state index contributed by atoms with van der Waals surface area (Å²) in [6.45, 7) is 0. The zero-order valence-electron chi connectivity index (χ0n) is 16.1. The van der Waals surface area contributed by atoms with Crippen molar-refractivity contribution in [2.75, 3.05) is 5.32 Å². The number of thiophene rings is 1. The first kappa shape index (κ1) is 18.3. The molecular formula is C24H19N5S. The zero-order chi connectivity index (χ0) is 20.2. The Kier molecular flexibility index (Phi) is 5.06. The van der Waals surface area contributed by atoms with E-state index in [9.17, 15) is 0 Å². The van der Waals surface area contributed by atoms with Crippen molar-refractivity contribution in [3.63, 3.8) is 0 Å². The highest BCUT2D eigenvalue weighted by Crippen LogP contribution is 2.24. The number of nitrogens with one attached hydrogen (secondary N) is 2. The third-order valence-corrected chi connectivity index (χ3v) is 5.45. The van der Waals surface area contributed by atoms with Crippen molar-refractivity contribution in [2.24, 2.45) is 0 Å². The Balaban J connectivity index is 1.38. The maximum absolute atomic E-state index is 4.76. The number of benzene rings is 2. The number of imidazole rings is 1. The molecule has 5 nitrogen and oxygen atoms in total. The maximum atomic E-state index is 4.76. The molecule has 0 amide bonds. The van der Waals surface area contributed by atoms with E-state index in [0.29, 0.717) is 0 Å². The van der Waals surface area contributed by atoms with Gasteiger partial charge in [0.2, 0.25) is 0 Å². The predicted octanol–water partition coefficient (Wildman–Crippen LogP) is 5.92. The molecule has 2 aromatic carbocycles. The summed E-state index contributed by atoms with van der Waals surface area (Å²) < 4.78 is 0. The van der Waals surface area contributed by atoms with E-state index >= 15 is 0 Å². The molecule has 6 heteroatoms. The Bertz CT molecular complexity index is 1290. The lowest BCUT2D eigenvalue weighted by atomic mass is 10.1. The van der Waals surface area contributed by atoms with Gasteiger partial charge in [-0.05, 0) is 52.2 Å². The molecule has 0 saturated carbocycles. The van der Waals surface area contributed by atoms with E-state index in [1.807, 2.05) is 48.7 Å². The van der Waals surface area contributed by atoms with E-state index in [1.165, 1.54) is 11.1 Å². The van der Waals surface area contributed by atoms with Crippen molar-refractivity contribution < 1.29 is 0 Å². The molecule has 2 N–H and O–H groups in total. The summed E-state index contributed by atoms with van der Waals surface area (Å²) in [5.41, 5.74) is 6.21. The molecule has 0 fully saturated rings. The molecule has 3 aromatic heterocycles. The van der Waals surface area contributed by atoms with Crippen molar-refractivity contribution in [1.29, 1.82) is 0 Å². The van der Waals surface area contributed by atoms with Crippen LogP contribution < -0.4 is 5.32 Å². The Hall–Kier alpha value is -3.77. The fraction of sp³-hybridized carbons (Fsp3) is 0.0417. The molecule has 0 aliphatic rings. The van der Waals surface area contributed by atoms with Crippen LogP contribution in [0.5, 0.6) is 0 Å². The van der Waals surface area contributed by atoms with Crippen molar-refractivity contribution in [3.8, 4) is 0 Å². The summed E-state index contributed by atoms with van der Waals surface area (Å²) in [5, 5.41) is 7.56. The number of anilines is 2. The third-order valence-electron chi connectivity index (χ3n) is 4.75. The number of hydrogen-bond donors (Lipinski definition) is 2. The van der Waals surface area contributed by atoms with Crippen LogP contribution in [0.4, 0.5) is 11.5 Å². The van der Waals surface area contributed by atoms with Crippen molar-refractivity contribution in [1.82, 2.24) is 19.9 Å². The molecule has 146 valence electrons. The lowest BCUT2D eigenvalue weighted by Crippen LogP contribution is -1.97. The van der Waals surface area contributed by atoms with E-state index in [1.54, 1.807) is 17.7 Å². The van der Waals surface area contributed by atoms with Gasteiger partial charge >= 0.3 is 0 Å². The van der Waals surface area contributed by atoms with Crippen LogP contribution in [0.15, 0.2) is 77.9 Å². The number of nitrogens with zero attached hydrogens (tertiary/aromatic N) is 3. The monoisotopic (exact) mass is 409 g/mol. The SMILES string of the molecule is C(=Cc1cncnc1Nc1ccc2[nH]c(Cc3ccccc3)nc2c1)c1ccsc1. The molecule has 0 saturated heterocycles. The number of hydrogen-bond acceptors (Lipinski definition) is 5. The van der Waals surface area contributed by atoms with Crippen LogP contribution in [0.25, 0.3) is 23.2 Å². The van der Waals surface area contributed by atoms with Gasteiger partial charge in [0.25, 0.3) is 0 Å². The average molecular weight is 410 g/mol. The molecule has 3 heterocycles. The minimum Gasteiger partial charge on any atom is -0.342 e. The van der Waals surface area contributed by atoms with Gasteiger partial charge in [-0.2, -0.15) is 11.3 Å². The summed E-state index contributed by atoms with van der Waals surface area (Å²) in [6, 6.07) is 18.5. The minimum atomic E-state index is 0.760. The van der Waals surface area contributed by atoms with Crippen LogP contribution >= 0.6 is 11.3 Å². The summed E-state index contributed by atoms with van der Waals surface area (Å²) in [7, 11) is 0. The van der Waals surface area contributed by atoms with Crippen LogP contribution in [0, 0.1) is 0 Å². The van der Waals surface area contributed by atoms with Gasteiger partial charge in [-0.1, -0.05) is 36.4 Å². The maximum Gasteiger partial charge on any atom is 0.141 e. The highest BCUT2D eigenvalue weighted by atomic mass is 32.1. The molecule has 0 atom stereocenters. The van der Waals surface area contributed by atoms with Gasteiger partial charge in [0, 0.05) is 23.9 Å². The van der Waals surface area contributed by atoms with E-state index < -0.39 is 0 Å². The Morgan fingerprint density at radius 2 is 1.97 bits per heavy atom. The minimum absolute atomic E-state index is 0.760. The molecular weight excluding hydrogens is 390 g/mol. The molecule has 0 aliphatic heterocycles. The lowest BCUT2D eigenvalue weighted by Gasteiger charge is -2.08. The number of rotatable bonds is 6. The second-order valence-corrected chi connectivity index (χ2v) is 7.70. The summed E-state index contributed by atoms with van der Waals surface area (Å²) in [5.74, 6) is 1.71. The fourth-order valence-electron chi connectivity index (χ4n) is 3.27. The van der Waals surface area contributed by atoms with Gasteiger partial charge in [-0.3, -0.25) is 0 Å². The molecule has 5 aromatic rings. The van der Waals surface area contributed by atoms with Crippen LogP contribution in [0.1, 0.15) is 22.5 Å². The molecule has 0 spiro atoms. The van der Waals surface area contributed by atoms with Crippen LogP contribution in [-0.2, 0) is 6.42 Å². The summed E-state index contributed by atoms with van der Waals surface area (Å²) >= 11 is 1.68. The van der Waals surface area contributed by atoms with Gasteiger partial charge in [0.05, 0.1) is 11.0 Å². The molecule has 30 heavy (non-hydrogen) atoms. The number of H-pyrrole nitrogens is 1. The van der Waals surface area contributed by atoms with E-state index in [-0.39, 0.29) is 0 Å². The van der Waals surface area contributed by atoms with Crippen LogP contribution in [0.3, 0.4) is 0 Å². The van der Waals surface area contributed by atoms with E-state index in [2.05, 4.69) is 55.3 Å². The van der Waals surface area contributed by atoms with E-state index in [4.69, 9.17) is 4.98 Å². The average Bonchev–Trinajstić information content (AvgIpc) is 3.43. The fourth-order valence-corrected chi connectivity index (χ4v) is 3.90. The summed E-state index contributed by atoms with van der Waals surface area (Å²) in [6.07, 6.45) is 8.23. The Morgan fingerprint density at radius 1 is 1.03 bits per heavy atom. The summed E-state index contributed by atoms with van der Waals surface area (Å²) in [4.78, 5) is 16.7. The second kappa shape index (κ2) is 8.31. The van der Waals surface area contributed by atoms with Gasteiger partial charge in [0.15, 0.2) is 0 Å². The van der Waals surface area contributed by atoms with Crippen molar-refractivity contribution >= 4 is 46.0 Å². The number of fused-ring (bicyclic) bond motifs is 1. The first-order valence-corrected chi connectivity index (χ1v) is 10.6. The molecule has 0 bridgehead atoms. The van der Waals surface area contributed by atoms with E-state index in [0.717, 1.165) is 40.3 Å². The standard InChI is InChI=1S/C24H19N5S/c1-2-4-17(5-3-1)12-23-28-21-9-8-20(13-22(21)29-23)27-24-19(14-25-16-26-24)7-6-18-10-11-30-15-18/h1-11,13-16H,12H2,(H,28,29)(H,25,26,27). The topological polar surface area (TPSA) is 66.5 Å². The molecule has 0 aliphatic carbocycles. The third kappa shape index (κ3) is 4.14. The first-order valence-electron chi connectivity index (χ1n) is 9.63. The van der Waals surface area contributed by atoms with Crippen molar-refractivity contribution in [2.45, 2.75) is 6.42 Å². The van der Waals surface area contributed by atoms with Crippen LogP contribution in [-0.4, -0.2) is 19.9 Å². The quantitative estimate of drug-likeness (QED) is 0.365. The van der Waals surface area contributed by atoms with Gasteiger partial charge in [0.1, 0.15) is 18.0 Å². The Morgan fingerprint density at radius 3 is 2.83 bits per heavy atom. The highest BCUT2D eigenvalue weighted by Gasteiger charge is 2.07. The highest BCUT2D eigenvalue weighted by molar-refractivity contribution is 7.08. The number of aromatic amines is 1. The van der Waals surface area contributed by atoms with Crippen LogP contribution in [0.2, 0.25) is 0 Å². The molecule has 5 rings (SSSR count). The predicted molar refractivity (Wildman–Crippen MR) is 124 cm³/mol. The normalized spacial score (nSPS) is 11.3. The smallest absolute Gasteiger partial charge is 0.141 e. The van der Waals surface area contributed by atoms with Gasteiger partial charge in [-0.25, -0.2) is 15.0 Å². The lowest BCUT2D eigenvalue weighted by molar-refractivity contribution is 1.04.